The fourth-order valence-corrected chi connectivity index (χ4v) is 2.02. The summed E-state index contributed by atoms with van der Waals surface area (Å²) in [7, 11) is 1.66. The van der Waals surface area contributed by atoms with Crippen molar-refractivity contribution in [2.75, 3.05) is 13.1 Å². The van der Waals surface area contributed by atoms with Crippen molar-refractivity contribution in [1.29, 1.82) is 0 Å². The second-order valence-electron chi connectivity index (χ2n) is 4.60. The van der Waals surface area contributed by atoms with Gasteiger partial charge in [-0.2, -0.15) is 0 Å². The van der Waals surface area contributed by atoms with Gasteiger partial charge in [0.1, 0.15) is 0 Å². The molecule has 0 bridgehead atoms. The lowest BCUT2D eigenvalue weighted by Gasteiger charge is -2.15. The standard InChI is InChI=1S/C12H18N6O2/c1-3-4-9-5-6-18(7-9)12(20)15-14-11(19)10-8-17(2)16-13-10/h4,8H,3,5-7H2,1-2H3,(H,14,19)(H,15,20)/b9-4-. The largest absolute Gasteiger partial charge is 0.336 e. The Labute approximate surface area is 116 Å². The summed E-state index contributed by atoms with van der Waals surface area (Å²) in [5, 5.41) is 7.30. The van der Waals surface area contributed by atoms with Crippen LogP contribution in [0.5, 0.6) is 0 Å². The van der Waals surface area contributed by atoms with Gasteiger partial charge >= 0.3 is 6.03 Å². The van der Waals surface area contributed by atoms with E-state index in [4.69, 9.17) is 0 Å². The predicted molar refractivity (Wildman–Crippen MR) is 71.6 cm³/mol. The Balaban J connectivity index is 1.81. The molecule has 1 saturated heterocycles. The van der Waals surface area contributed by atoms with Crippen molar-refractivity contribution in [2.45, 2.75) is 19.8 Å². The Hall–Kier alpha value is -2.38. The lowest BCUT2D eigenvalue weighted by molar-refractivity contribution is 0.0926. The number of urea groups is 1. The molecule has 8 heteroatoms. The molecule has 0 radical (unpaired) electrons. The summed E-state index contributed by atoms with van der Waals surface area (Å²) in [6.07, 6.45) is 5.46. The number of amides is 3. The molecule has 8 nitrogen and oxygen atoms in total. The molecule has 108 valence electrons. The van der Waals surface area contributed by atoms with Crippen LogP contribution >= 0.6 is 0 Å². The number of rotatable bonds is 2. The summed E-state index contributed by atoms with van der Waals surface area (Å²) in [5.74, 6) is -0.491. The van der Waals surface area contributed by atoms with Crippen molar-refractivity contribution in [3.63, 3.8) is 0 Å². The minimum absolute atomic E-state index is 0.154. The van der Waals surface area contributed by atoms with Gasteiger partial charge in [-0.05, 0) is 12.8 Å². The molecule has 1 aromatic rings. The molecule has 2 rings (SSSR count). The fraction of sp³-hybridized carbons (Fsp3) is 0.500. The summed E-state index contributed by atoms with van der Waals surface area (Å²) >= 11 is 0. The fourth-order valence-electron chi connectivity index (χ4n) is 2.02. The summed E-state index contributed by atoms with van der Waals surface area (Å²) in [4.78, 5) is 25.2. The second kappa shape index (κ2) is 6.18. The van der Waals surface area contributed by atoms with Crippen molar-refractivity contribution in [3.05, 3.63) is 23.5 Å². The number of hydrogen-bond donors (Lipinski definition) is 2. The van der Waals surface area contributed by atoms with Crippen LogP contribution in [0, 0.1) is 0 Å². The van der Waals surface area contributed by atoms with Gasteiger partial charge in [-0.1, -0.05) is 23.8 Å². The van der Waals surface area contributed by atoms with Gasteiger partial charge in [0.2, 0.25) is 0 Å². The van der Waals surface area contributed by atoms with Crippen LogP contribution in [0.1, 0.15) is 30.3 Å². The van der Waals surface area contributed by atoms with Crippen molar-refractivity contribution in [1.82, 2.24) is 30.7 Å². The molecule has 1 aromatic heterocycles. The number of hydrogen-bond acceptors (Lipinski definition) is 4. The molecule has 1 aliphatic heterocycles. The lowest BCUT2D eigenvalue weighted by atomic mass is 10.2. The van der Waals surface area contributed by atoms with E-state index in [1.165, 1.54) is 16.5 Å². The van der Waals surface area contributed by atoms with Gasteiger partial charge < -0.3 is 4.90 Å². The molecule has 20 heavy (non-hydrogen) atoms. The van der Waals surface area contributed by atoms with E-state index in [1.807, 2.05) is 0 Å². The third-order valence-corrected chi connectivity index (χ3v) is 3.00. The van der Waals surface area contributed by atoms with Crippen LogP contribution in [0.3, 0.4) is 0 Å². The summed E-state index contributed by atoms with van der Waals surface area (Å²) in [6, 6.07) is -0.318. The van der Waals surface area contributed by atoms with E-state index in [9.17, 15) is 9.59 Å². The monoisotopic (exact) mass is 278 g/mol. The number of allylic oxidation sites excluding steroid dienone is 1. The zero-order valence-corrected chi connectivity index (χ0v) is 11.6. The van der Waals surface area contributed by atoms with Gasteiger partial charge in [-0.15, -0.1) is 5.10 Å². The molecule has 1 fully saturated rings. The molecule has 0 aliphatic carbocycles. The third-order valence-electron chi connectivity index (χ3n) is 3.00. The van der Waals surface area contributed by atoms with E-state index in [1.54, 1.807) is 11.9 Å². The first kappa shape index (κ1) is 14.0. The molecule has 0 saturated carbocycles. The van der Waals surface area contributed by atoms with Crippen LogP contribution in [0.15, 0.2) is 17.8 Å². The Bertz CT molecular complexity index is 536. The van der Waals surface area contributed by atoms with Crippen molar-refractivity contribution in [2.24, 2.45) is 7.05 Å². The first-order valence-corrected chi connectivity index (χ1v) is 6.49. The molecular formula is C12H18N6O2. The maximum absolute atomic E-state index is 11.9. The SMILES string of the molecule is CC/C=C1/CCN(C(=O)NNC(=O)c2cn(C)nn2)C1. The van der Waals surface area contributed by atoms with Crippen molar-refractivity contribution < 1.29 is 9.59 Å². The van der Waals surface area contributed by atoms with E-state index in [-0.39, 0.29) is 11.7 Å². The molecule has 0 unspecified atom stereocenters. The maximum atomic E-state index is 11.9. The zero-order valence-electron chi connectivity index (χ0n) is 11.6. The summed E-state index contributed by atoms with van der Waals surface area (Å²) in [6.45, 7) is 3.34. The number of likely N-dealkylation sites (tertiary alicyclic amines) is 1. The Kier molecular flexibility index (Phi) is 4.34. The number of carbonyl (C=O) groups is 2. The number of carbonyl (C=O) groups excluding carboxylic acids is 2. The minimum Gasteiger partial charge on any atom is -0.319 e. The highest BCUT2D eigenvalue weighted by Crippen LogP contribution is 2.15. The Morgan fingerprint density at radius 2 is 2.25 bits per heavy atom. The normalized spacial score (nSPS) is 16.5. The molecule has 2 N–H and O–H groups in total. The molecule has 2 heterocycles. The van der Waals surface area contributed by atoms with Crippen molar-refractivity contribution >= 4 is 11.9 Å². The van der Waals surface area contributed by atoms with E-state index >= 15 is 0 Å². The molecule has 0 aromatic carbocycles. The van der Waals surface area contributed by atoms with Crippen LogP contribution < -0.4 is 10.9 Å². The highest BCUT2D eigenvalue weighted by molar-refractivity contribution is 5.93. The quantitative estimate of drug-likeness (QED) is 0.597. The third kappa shape index (κ3) is 3.34. The number of nitrogens with zero attached hydrogens (tertiary/aromatic N) is 4. The lowest BCUT2D eigenvalue weighted by Crippen LogP contribution is -2.48. The van der Waals surface area contributed by atoms with Crippen LogP contribution in [-0.2, 0) is 7.05 Å². The number of nitrogens with one attached hydrogen (secondary N) is 2. The van der Waals surface area contributed by atoms with Crippen LogP contribution in [0.2, 0.25) is 0 Å². The van der Waals surface area contributed by atoms with Gasteiger partial charge in [0, 0.05) is 20.1 Å². The molecule has 0 atom stereocenters. The smallest absolute Gasteiger partial charge is 0.319 e. The van der Waals surface area contributed by atoms with Crippen LogP contribution in [0.25, 0.3) is 0 Å². The first-order valence-electron chi connectivity index (χ1n) is 6.49. The molecular weight excluding hydrogens is 260 g/mol. The number of aryl methyl sites for hydroxylation is 1. The zero-order chi connectivity index (χ0) is 14.5. The highest BCUT2D eigenvalue weighted by Gasteiger charge is 2.21. The minimum atomic E-state index is -0.491. The van der Waals surface area contributed by atoms with E-state index < -0.39 is 5.91 Å². The van der Waals surface area contributed by atoms with Gasteiger partial charge in [0.05, 0.1) is 6.20 Å². The number of aromatic nitrogens is 3. The van der Waals surface area contributed by atoms with Gasteiger partial charge in [-0.25, -0.2) is 10.2 Å². The van der Waals surface area contributed by atoms with Gasteiger partial charge in [0.15, 0.2) is 5.69 Å². The second-order valence-corrected chi connectivity index (χ2v) is 4.60. The Morgan fingerprint density at radius 3 is 2.90 bits per heavy atom. The van der Waals surface area contributed by atoms with Gasteiger partial charge in [-0.3, -0.25) is 14.9 Å². The van der Waals surface area contributed by atoms with E-state index in [2.05, 4.69) is 34.2 Å². The predicted octanol–water partition coefficient (Wildman–Crippen LogP) is 0.212. The molecule has 1 aliphatic rings. The summed E-state index contributed by atoms with van der Waals surface area (Å²) in [5.41, 5.74) is 6.10. The average molecular weight is 278 g/mol. The summed E-state index contributed by atoms with van der Waals surface area (Å²) < 4.78 is 1.42. The first-order chi connectivity index (χ1) is 9.60. The van der Waals surface area contributed by atoms with Gasteiger partial charge in [0.25, 0.3) is 5.91 Å². The Morgan fingerprint density at radius 1 is 1.45 bits per heavy atom. The topological polar surface area (TPSA) is 92.2 Å². The van der Waals surface area contributed by atoms with E-state index in [0.29, 0.717) is 13.1 Å². The average Bonchev–Trinajstić information content (AvgIpc) is 3.05. The molecule has 0 spiro atoms. The maximum Gasteiger partial charge on any atom is 0.336 e. The van der Waals surface area contributed by atoms with Crippen LogP contribution in [0.4, 0.5) is 4.79 Å². The van der Waals surface area contributed by atoms with Crippen LogP contribution in [-0.4, -0.2) is 44.9 Å². The van der Waals surface area contributed by atoms with E-state index in [0.717, 1.165) is 12.8 Å². The molecule has 3 amide bonds. The van der Waals surface area contributed by atoms with Crippen molar-refractivity contribution in [3.8, 4) is 0 Å². The number of hydrazine groups is 1. The highest BCUT2D eigenvalue weighted by atomic mass is 16.2.